The van der Waals surface area contributed by atoms with Gasteiger partial charge in [-0.05, 0) is 151 Å². The summed E-state index contributed by atoms with van der Waals surface area (Å²) in [5.74, 6) is -13.6. The fraction of sp³-hybridized carbons (Fsp3) is 0.458. The molecular weight excluding hydrogens is 1380 g/mol. The second-order valence-corrected chi connectivity index (χ2v) is 26.6. The molecule has 4 aromatic carbocycles. The summed E-state index contributed by atoms with van der Waals surface area (Å²) in [6, 6.07) is 12.4. The van der Waals surface area contributed by atoms with Gasteiger partial charge in [0.2, 0.25) is 53.2 Å². The Balaban J connectivity index is 1.18. The smallest absolute Gasteiger partial charge is 0.326 e. The molecule has 0 fully saturated rings. The van der Waals surface area contributed by atoms with Gasteiger partial charge in [-0.3, -0.25) is 53.0 Å². The minimum absolute atomic E-state index is 0.00433. The average Bonchev–Trinajstić information content (AvgIpc) is 0.863. The van der Waals surface area contributed by atoms with Gasteiger partial charge in [-0.15, -0.1) is 10.2 Å². The van der Waals surface area contributed by atoms with E-state index in [4.69, 9.17) is 10.5 Å². The van der Waals surface area contributed by atoms with Crippen molar-refractivity contribution in [1.82, 2.24) is 78.7 Å². The number of aliphatic hydroxyl groups is 3. The van der Waals surface area contributed by atoms with Gasteiger partial charge < -0.3 is 83.9 Å². The maximum Gasteiger partial charge on any atom is 0.326 e. The van der Waals surface area contributed by atoms with Crippen LogP contribution in [0.15, 0.2) is 97.2 Å². The highest BCUT2D eigenvalue weighted by atomic mass is 19.1. The zero-order valence-electron chi connectivity index (χ0n) is 60.2. The third kappa shape index (κ3) is 24.8. The van der Waals surface area contributed by atoms with Crippen LogP contribution in [0.25, 0.3) is 11.1 Å². The van der Waals surface area contributed by atoms with Crippen molar-refractivity contribution in [3.63, 3.8) is 0 Å². The Bertz CT molecular complexity index is 3990. The van der Waals surface area contributed by atoms with Crippen LogP contribution in [0.4, 0.5) is 4.39 Å². The number of hydrogen-bond donors (Lipinski definition) is 17. The number of benzene rings is 4. The monoisotopic (exact) mass is 1470 g/mol. The normalized spacial score (nSPS) is 14.5. The first kappa shape index (κ1) is 83.8. The highest BCUT2D eigenvalue weighted by Crippen LogP contribution is 2.29. The molecule has 0 spiro atoms. The number of amides is 9. The van der Waals surface area contributed by atoms with Gasteiger partial charge in [-0.2, -0.15) is 10.3 Å². The number of carbonyl (C=O) groups is 11. The second kappa shape index (κ2) is 39.7. The van der Waals surface area contributed by atoms with Crippen molar-refractivity contribution in [2.75, 3.05) is 26.3 Å². The van der Waals surface area contributed by atoms with Crippen molar-refractivity contribution in [3.05, 3.63) is 148 Å². The lowest BCUT2D eigenvalue weighted by molar-refractivity contribution is -0.143. The van der Waals surface area contributed by atoms with Crippen LogP contribution in [-0.2, 0) is 90.3 Å². The third-order valence-corrected chi connectivity index (χ3v) is 17.4. The number of ether oxygens (including phenoxy) is 1. The van der Waals surface area contributed by atoms with Crippen molar-refractivity contribution in [2.24, 2.45) is 5.73 Å². The number of hydrogen-bond acceptors (Lipinski definition) is 20. The van der Waals surface area contributed by atoms with Crippen LogP contribution in [0.3, 0.4) is 0 Å². The zero-order chi connectivity index (χ0) is 78.0. The van der Waals surface area contributed by atoms with Gasteiger partial charge in [-0.1, -0.05) is 90.0 Å². The number of tetrazole rings is 1. The quantitative estimate of drug-likeness (QED) is 0.0220. The van der Waals surface area contributed by atoms with E-state index in [9.17, 15) is 78.3 Å². The molecule has 0 unspecified atom stereocenters. The number of aliphatic hydroxyl groups excluding tert-OH is 3. The second-order valence-electron chi connectivity index (χ2n) is 26.6. The summed E-state index contributed by atoms with van der Waals surface area (Å²) in [7, 11) is 0. The molecule has 0 bridgehead atoms. The summed E-state index contributed by atoms with van der Waals surface area (Å²) in [5, 5.41) is 94.1. The number of carbonyl (C=O) groups excluding carboxylic acids is 9. The molecule has 2 aromatic heterocycles. The molecular formula is C72H95FN16O17. The Kier molecular flexibility index (Phi) is 31.4. The fourth-order valence-electron chi connectivity index (χ4n) is 11.5. The van der Waals surface area contributed by atoms with E-state index in [1.165, 1.54) is 24.4 Å². The van der Waals surface area contributed by atoms with E-state index in [1.807, 2.05) is 57.2 Å². The lowest BCUT2D eigenvalue weighted by atomic mass is 9.88. The number of aliphatic carboxylic acids is 2. The largest absolute Gasteiger partial charge is 0.494 e. The van der Waals surface area contributed by atoms with Crippen LogP contribution in [0, 0.1) is 19.7 Å². The summed E-state index contributed by atoms with van der Waals surface area (Å²) in [5.41, 5.74) is 8.25. The first-order valence-corrected chi connectivity index (χ1v) is 34.5. The van der Waals surface area contributed by atoms with Gasteiger partial charge in [-0.25, -0.2) is 9.18 Å². The zero-order valence-corrected chi connectivity index (χ0v) is 60.2. The van der Waals surface area contributed by atoms with Gasteiger partial charge in [0, 0.05) is 25.5 Å². The van der Waals surface area contributed by atoms with E-state index < -0.39 is 162 Å². The third-order valence-electron chi connectivity index (χ3n) is 17.4. The summed E-state index contributed by atoms with van der Waals surface area (Å²) >= 11 is 0. The highest BCUT2D eigenvalue weighted by Gasteiger charge is 2.43. The summed E-state index contributed by atoms with van der Waals surface area (Å²) in [6.07, 6.45) is -1.73. The van der Waals surface area contributed by atoms with Crippen molar-refractivity contribution >= 4 is 65.1 Å². The molecule has 572 valence electrons. The molecule has 0 aliphatic heterocycles. The van der Waals surface area contributed by atoms with E-state index in [-0.39, 0.29) is 30.7 Å². The van der Waals surface area contributed by atoms with Crippen LogP contribution >= 0.6 is 0 Å². The van der Waals surface area contributed by atoms with Crippen LogP contribution in [-0.4, -0.2) is 208 Å². The van der Waals surface area contributed by atoms with E-state index in [2.05, 4.69) is 78.7 Å². The Labute approximate surface area is 610 Å². The molecule has 0 radical (unpaired) electrons. The molecule has 0 aliphatic rings. The molecule has 10 atom stereocenters. The van der Waals surface area contributed by atoms with Crippen molar-refractivity contribution in [2.45, 2.75) is 185 Å². The number of nitrogens with zero attached hydrogens (tertiary/aromatic N) is 4. The van der Waals surface area contributed by atoms with Crippen LogP contribution < -0.4 is 58.3 Å². The maximum atomic E-state index is 15.5. The van der Waals surface area contributed by atoms with E-state index in [0.29, 0.717) is 49.4 Å². The Morgan fingerprint density at radius 2 is 1.28 bits per heavy atom. The molecule has 6 rings (SSSR count). The molecule has 2 heterocycles. The SMILES string of the molecule is CCc1cc(OCCCCN)ccc1-c1ccc(C[C@H](NC(=O)[C@H](CC(=O)O)NC(=O)[C@H](CO)NC(=O)[C@@H](NC(=O)[C@](C)(Cc2ccccc2F)NC(=O)[C@@H](NC(=O)CNC(=O)[C@H](Cc2nn[nH]n2)NC(=O)C(C)(C)c2ccn[nH]2)[C@@H](C)O)[C@@H](C)O)C(=O)N[C@@H](CCCc2cc(C)cc(C)c2)C(=O)O)cc1. The number of unbranched alkanes of at least 4 members (excludes halogenated alkanes) is 1. The highest BCUT2D eigenvalue weighted by molar-refractivity contribution is 6.00. The van der Waals surface area contributed by atoms with Gasteiger partial charge >= 0.3 is 11.9 Å². The Morgan fingerprint density at radius 1 is 0.651 bits per heavy atom. The summed E-state index contributed by atoms with van der Waals surface area (Å²) < 4.78 is 21.4. The van der Waals surface area contributed by atoms with Crippen molar-refractivity contribution in [1.29, 1.82) is 0 Å². The number of rotatable bonds is 42. The predicted octanol–water partition coefficient (Wildman–Crippen LogP) is -0.248. The van der Waals surface area contributed by atoms with E-state index >= 15 is 4.39 Å². The number of halogens is 1. The number of nitrogens with one attached hydrogen (secondary N) is 11. The number of aromatic amines is 2. The topological polar surface area (TPSA) is 516 Å². The number of aryl methyl sites for hydroxylation is 4. The fourth-order valence-corrected chi connectivity index (χ4v) is 11.5. The average molecular weight is 1480 g/mol. The van der Waals surface area contributed by atoms with Crippen LogP contribution in [0.2, 0.25) is 0 Å². The van der Waals surface area contributed by atoms with Crippen molar-refractivity contribution in [3.8, 4) is 16.9 Å². The number of aromatic nitrogens is 6. The van der Waals surface area contributed by atoms with Gasteiger partial charge in [0.05, 0.1) is 49.5 Å². The molecule has 34 heteroatoms. The first-order chi connectivity index (χ1) is 50.2. The number of carboxylic acid groups (broad SMARTS) is 2. The Hall–Kier alpha value is -11.1. The standard InChI is InChI=1S/C72H95FN16O17/c1-9-45-33-48(106-28-13-12-26-74)23-24-49(45)46-21-19-43(20-22-46)32-52(63(97)77-51(68(102)103)18-14-15-44-30-39(2)29-40(3)31-44)78-64(98)54(35-59(94)95)79-65(99)55(38-90)80-66(100)60(41(4)91)83-70(105)72(8,36-47-16-10-11-17-50(47)73)84-67(101)61(42(5)92)82-58(93)37-75-62(96)53(34-57-86-88-89-87-57)81-69(104)71(6,7)56-25-27-76-85-56/h10-11,16-17,19-25,27,29-31,33,41-42,51-55,60-61,90-92H,9,12-15,18,26,28,32,34-38,74H2,1-8H3,(H,75,96)(H,76,85)(H,77,97)(H,78,98)(H,79,99)(H,80,100)(H,81,104)(H,82,93)(H,83,105)(H,84,101)(H,94,95)(H,102,103)(H,86,87,88,89)/t41-,42-,51+,52+,53+,54+,55+,60+,61+,72+/m1/s1. The molecule has 0 aliphatic carbocycles. The predicted molar refractivity (Wildman–Crippen MR) is 381 cm³/mol. The number of H-pyrrole nitrogens is 2. The van der Waals surface area contributed by atoms with Crippen LogP contribution in [0.5, 0.6) is 5.75 Å². The molecule has 6 aromatic rings. The van der Waals surface area contributed by atoms with E-state index in [0.717, 1.165) is 73.1 Å². The van der Waals surface area contributed by atoms with Crippen LogP contribution in [0.1, 0.15) is 119 Å². The van der Waals surface area contributed by atoms with Gasteiger partial charge in [0.1, 0.15) is 59.4 Å². The van der Waals surface area contributed by atoms with E-state index in [1.54, 1.807) is 44.2 Å². The molecule has 18 N–H and O–H groups in total. The first-order valence-electron chi connectivity index (χ1n) is 34.5. The molecule has 9 amide bonds. The summed E-state index contributed by atoms with van der Waals surface area (Å²) in [4.78, 5) is 152. The maximum absolute atomic E-state index is 15.5. The minimum atomic E-state index is -2.38. The molecule has 0 saturated heterocycles. The minimum Gasteiger partial charge on any atom is -0.494 e. The van der Waals surface area contributed by atoms with Gasteiger partial charge in [0.25, 0.3) is 0 Å². The lowest BCUT2D eigenvalue weighted by Crippen LogP contribution is -2.67. The molecule has 0 saturated carbocycles. The Morgan fingerprint density at radius 3 is 1.89 bits per heavy atom. The molecule has 33 nitrogen and oxygen atoms in total. The summed E-state index contributed by atoms with van der Waals surface area (Å²) in [6.45, 7) is 11.0. The van der Waals surface area contributed by atoms with Gasteiger partial charge in [0.15, 0.2) is 5.82 Å². The van der Waals surface area contributed by atoms with Crippen molar-refractivity contribution < 1.29 is 87.4 Å². The molecule has 106 heavy (non-hydrogen) atoms. The number of carboxylic acids is 2. The number of nitrogens with two attached hydrogens (primary N) is 1. The lowest BCUT2D eigenvalue weighted by Gasteiger charge is -2.34.